The molecule has 1 atom stereocenters. The zero-order chi connectivity index (χ0) is 12.1. The molecule has 3 heteroatoms. The van der Waals surface area contributed by atoms with E-state index in [0.717, 1.165) is 36.4 Å². The standard InChI is InChI=1S/C14H19NO2/c1-3-16-9-8-12(15-2)14-10-11-6-4-5-7-13(11)17-14/h4-7,10,12,15H,3,8-9H2,1-2H3. The molecule has 2 aromatic rings. The highest BCUT2D eigenvalue weighted by atomic mass is 16.5. The van der Waals surface area contributed by atoms with Crippen molar-refractivity contribution in [1.29, 1.82) is 0 Å². The Bertz CT molecular complexity index is 431. The Kier molecular flexibility index (Phi) is 4.18. The molecule has 3 nitrogen and oxygen atoms in total. The first-order valence-electron chi connectivity index (χ1n) is 6.08. The second-order valence-corrected chi connectivity index (χ2v) is 4.01. The predicted octanol–water partition coefficient (Wildman–Crippen LogP) is 3.12. The van der Waals surface area contributed by atoms with Gasteiger partial charge < -0.3 is 14.5 Å². The van der Waals surface area contributed by atoms with E-state index in [1.54, 1.807) is 0 Å². The van der Waals surface area contributed by atoms with Crippen molar-refractivity contribution >= 4 is 11.0 Å². The van der Waals surface area contributed by atoms with Crippen molar-refractivity contribution in [3.8, 4) is 0 Å². The van der Waals surface area contributed by atoms with Gasteiger partial charge in [0.05, 0.1) is 6.04 Å². The van der Waals surface area contributed by atoms with Gasteiger partial charge in [0.25, 0.3) is 0 Å². The van der Waals surface area contributed by atoms with Gasteiger partial charge in [-0.3, -0.25) is 0 Å². The molecule has 92 valence electrons. The highest BCUT2D eigenvalue weighted by Crippen LogP contribution is 2.25. The second-order valence-electron chi connectivity index (χ2n) is 4.01. The van der Waals surface area contributed by atoms with Gasteiger partial charge in [-0.15, -0.1) is 0 Å². The molecule has 1 heterocycles. The van der Waals surface area contributed by atoms with Gasteiger partial charge >= 0.3 is 0 Å². The molecule has 0 fully saturated rings. The van der Waals surface area contributed by atoms with Gasteiger partial charge in [-0.1, -0.05) is 18.2 Å². The summed E-state index contributed by atoms with van der Waals surface area (Å²) in [5, 5.41) is 4.42. The van der Waals surface area contributed by atoms with Crippen LogP contribution in [0.3, 0.4) is 0 Å². The average Bonchev–Trinajstić information content (AvgIpc) is 2.78. The summed E-state index contributed by atoms with van der Waals surface area (Å²) in [5.74, 6) is 0.980. The third kappa shape index (κ3) is 2.87. The van der Waals surface area contributed by atoms with Crippen LogP contribution in [-0.2, 0) is 4.74 Å². The number of rotatable bonds is 6. The van der Waals surface area contributed by atoms with E-state index >= 15 is 0 Å². The van der Waals surface area contributed by atoms with Gasteiger partial charge in [-0.05, 0) is 32.5 Å². The maximum atomic E-state index is 5.83. The molecule has 0 saturated carbocycles. The molecule has 17 heavy (non-hydrogen) atoms. The molecule has 0 saturated heterocycles. The van der Waals surface area contributed by atoms with Crippen LogP contribution in [0.4, 0.5) is 0 Å². The number of nitrogens with one attached hydrogen (secondary N) is 1. The lowest BCUT2D eigenvalue weighted by molar-refractivity contribution is 0.135. The smallest absolute Gasteiger partial charge is 0.134 e. The Labute approximate surface area is 102 Å². The summed E-state index contributed by atoms with van der Waals surface area (Å²) in [6.45, 7) is 3.52. The fourth-order valence-corrected chi connectivity index (χ4v) is 1.95. The normalized spacial score (nSPS) is 13.1. The third-order valence-corrected chi connectivity index (χ3v) is 2.89. The number of furan rings is 1. The van der Waals surface area contributed by atoms with Crippen LogP contribution in [0.2, 0.25) is 0 Å². The number of benzene rings is 1. The van der Waals surface area contributed by atoms with Crippen LogP contribution in [-0.4, -0.2) is 20.3 Å². The van der Waals surface area contributed by atoms with E-state index in [9.17, 15) is 0 Å². The summed E-state index contributed by atoms with van der Waals surface area (Å²) < 4.78 is 11.2. The van der Waals surface area contributed by atoms with Crippen molar-refractivity contribution in [2.24, 2.45) is 0 Å². The van der Waals surface area contributed by atoms with E-state index in [4.69, 9.17) is 9.15 Å². The molecule has 0 spiro atoms. The topological polar surface area (TPSA) is 34.4 Å². The van der Waals surface area contributed by atoms with Gasteiger partial charge in [0.1, 0.15) is 11.3 Å². The zero-order valence-corrected chi connectivity index (χ0v) is 10.4. The number of hydrogen-bond donors (Lipinski definition) is 1. The van der Waals surface area contributed by atoms with Crippen LogP contribution in [0.25, 0.3) is 11.0 Å². The molecular weight excluding hydrogens is 214 g/mol. The maximum Gasteiger partial charge on any atom is 0.134 e. The van der Waals surface area contributed by atoms with Gasteiger partial charge in [0.2, 0.25) is 0 Å². The molecule has 2 rings (SSSR count). The fourth-order valence-electron chi connectivity index (χ4n) is 1.95. The largest absolute Gasteiger partial charge is 0.459 e. The number of fused-ring (bicyclic) bond motifs is 1. The third-order valence-electron chi connectivity index (χ3n) is 2.89. The first-order chi connectivity index (χ1) is 8.35. The number of para-hydroxylation sites is 1. The second kappa shape index (κ2) is 5.84. The average molecular weight is 233 g/mol. The lowest BCUT2D eigenvalue weighted by Crippen LogP contribution is -2.17. The zero-order valence-electron chi connectivity index (χ0n) is 10.4. The van der Waals surface area contributed by atoms with Gasteiger partial charge in [0.15, 0.2) is 0 Å². The van der Waals surface area contributed by atoms with Crippen molar-refractivity contribution in [2.45, 2.75) is 19.4 Å². The van der Waals surface area contributed by atoms with Crippen molar-refractivity contribution < 1.29 is 9.15 Å². The fraction of sp³-hybridized carbons (Fsp3) is 0.429. The van der Waals surface area contributed by atoms with Crippen molar-refractivity contribution in [3.05, 3.63) is 36.1 Å². The summed E-state index contributed by atoms with van der Waals surface area (Å²) in [6.07, 6.45) is 0.921. The summed E-state index contributed by atoms with van der Waals surface area (Å²) >= 11 is 0. The molecule has 1 aromatic carbocycles. The molecule has 0 bridgehead atoms. The minimum Gasteiger partial charge on any atom is -0.459 e. The van der Waals surface area contributed by atoms with Crippen molar-refractivity contribution in [2.75, 3.05) is 20.3 Å². The lowest BCUT2D eigenvalue weighted by atomic mass is 10.1. The van der Waals surface area contributed by atoms with Crippen molar-refractivity contribution in [3.63, 3.8) is 0 Å². The highest BCUT2D eigenvalue weighted by Gasteiger charge is 2.13. The van der Waals surface area contributed by atoms with Crippen LogP contribution in [0, 0.1) is 0 Å². The molecule has 1 unspecified atom stereocenters. The molecular formula is C14H19NO2. The maximum absolute atomic E-state index is 5.83. The summed E-state index contributed by atoms with van der Waals surface area (Å²) in [5.41, 5.74) is 0.944. The van der Waals surface area contributed by atoms with Crippen LogP contribution in [0.5, 0.6) is 0 Å². The molecule has 0 aliphatic heterocycles. The summed E-state index contributed by atoms with van der Waals surface area (Å²) in [6, 6.07) is 10.4. The Balaban J connectivity index is 2.12. The molecule has 0 radical (unpaired) electrons. The van der Waals surface area contributed by atoms with Gasteiger partial charge in [-0.25, -0.2) is 0 Å². The predicted molar refractivity (Wildman–Crippen MR) is 69.1 cm³/mol. The van der Waals surface area contributed by atoms with E-state index in [1.807, 2.05) is 32.2 Å². The van der Waals surface area contributed by atoms with Crippen LogP contribution in [0.1, 0.15) is 25.1 Å². The van der Waals surface area contributed by atoms with Crippen LogP contribution in [0.15, 0.2) is 34.7 Å². The number of hydrogen-bond acceptors (Lipinski definition) is 3. The quantitative estimate of drug-likeness (QED) is 0.778. The molecule has 1 N–H and O–H groups in total. The SMILES string of the molecule is CCOCCC(NC)c1cc2ccccc2o1. The van der Waals surface area contributed by atoms with Gasteiger partial charge in [0, 0.05) is 18.6 Å². The summed E-state index contributed by atoms with van der Waals surface area (Å²) in [7, 11) is 1.95. The van der Waals surface area contributed by atoms with Crippen LogP contribution >= 0.6 is 0 Å². The minimum atomic E-state index is 0.217. The Morgan fingerprint density at radius 2 is 2.18 bits per heavy atom. The molecule has 0 aliphatic carbocycles. The van der Waals surface area contributed by atoms with Crippen molar-refractivity contribution in [1.82, 2.24) is 5.32 Å². The first kappa shape index (κ1) is 12.1. The highest BCUT2D eigenvalue weighted by molar-refractivity contribution is 5.77. The lowest BCUT2D eigenvalue weighted by Gasteiger charge is -2.12. The van der Waals surface area contributed by atoms with E-state index in [-0.39, 0.29) is 6.04 Å². The Morgan fingerprint density at radius 1 is 1.35 bits per heavy atom. The Hall–Kier alpha value is -1.32. The molecule has 0 amide bonds. The Morgan fingerprint density at radius 3 is 2.88 bits per heavy atom. The van der Waals surface area contributed by atoms with E-state index in [1.165, 1.54) is 0 Å². The van der Waals surface area contributed by atoms with Gasteiger partial charge in [-0.2, -0.15) is 0 Å². The number of ether oxygens (including phenoxy) is 1. The van der Waals surface area contributed by atoms with E-state index in [2.05, 4.69) is 17.4 Å². The minimum absolute atomic E-state index is 0.217. The van der Waals surface area contributed by atoms with E-state index in [0.29, 0.717) is 0 Å². The molecule has 0 aliphatic rings. The van der Waals surface area contributed by atoms with Crippen LogP contribution < -0.4 is 5.32 Å². The van der Waals surface area contributed by atoms with E-state index < -0.39 is 0 Å². The first-order valence-corrected chi connectivity index (χ1v) is 6.08. The molecule has 1 aromatic heterocycles. The summed E-state index contributed by atoms with van der Waals surface area (Å²) in [4.78, 5) is 0. The monoisotopic (exact) mass is 233 g/mol.